The summed E-state index contributed by atoms with van der Waals surface area (Å²) in [5.41, 5.74) is -0.210. The summed E-state index contributed by atoms with van der Waals surface area (Å²) in [6.45, 7) is 6.57. The van der Waals surface area contributed by atoms with Crippen LogP contribution in [0.1, 0.15) is 52.9 Å². The van der Waals surface area contributed by atoms with E-state index in [1.807, 2.05) is 0 Å². The van der Waals surface area contributed by atoms with Gasteiger partial charge < -0.3 is 4.74 Å². The Hall–Kier alpha value is -0.130. The lowest BCUT2D eigenvalue weighted by molar-refractivity contribution is -0.364. The molecule has 4 fully saturated rings. The van der Waals surface area contributed by atoms with Gasteiger partial charge in [-0.2, -0.15) is 8.42 Å². The SMILES string of the molecule is CC(C)(C)C12C[C@@H]3C[C@@H](CC(OS(C)(=O)=O)(C3)O1)C2. The number of rotatable bonds is 2. The quantitative estimate of drug-likeness (QED) is 0.733. The van der Waals surface area contributed by atoms with Gasteiger partial charge in [0.1, 0.15) is 0 Å². The van der Waals surface area contributed by atoms with E-state index in [2.05, 4.69) is 20.8 Å². The maximum absolute atomic E-state index is 11.6. The third-order valence-electron chi connectivity index (χ3n) is 5.15. The van der Waals surface area contributed by atoms with E-state index in [9.17, 15) is 8.42 Å². The second kappa shape index (κ2) is 3.74. The van der Waals surface area contributed by atoms with Crippen LogP contribution >= 0.6 is 0 Å². The molecule has 4 aliphatic rings. The fourth-order valence-electron chi connectivity index (χ4n) is 4.58. The third kappa shape index (κ3) is 2.24. The first-order chi connectivity index (χ1) is 8.53. The predicted octanol–water partition coefficient (Wildman–Crippen LogP) is 2.68. The van der Waals surface area contributed by atoms with Crippen molar-refractivity contribution >= 4 is 10.1 Å². The third-order valence-corrected chi connectivity index (χ3v) is 5.76. The number of ether oxygens (including phenoxy) is 1. The first-order valence-corrected chi connectivity index (χ1v) is 8.95. The van der Waals surface area contributed by atoms with E-state index >= 15 is 0 Å². The van der Waals surface area contributed by atoms with E-state index in [0.29, 0.717) is 11.8 Å². The van der Waals surface area contributed by atoms with Crippen molar-refractivity contribution in [2.24, 2.45) is 17.3 Å². The van der Waals surface area contributed by atoms with Gasteiger partial charge in [0, 0.05) is 12.8 Å². The van der Waals surface area contributed by atoms with Crippen molar-refractivity contribution in [3.05, 3.63) is 0 Å². The molecule has 0 aromatic carbocycles. The van der Waals surface area contributed by atoms with Crippen LogP contribution in [0, 0.1) is 17.3 Å². The number of hydrogen-bond acceptors (Lipinski definition) is 4. The molecule has 4 bridgehead atoms. The summed E-state index contributed by atoms with van der Waals surface area (Å²) in [5.74, 6) is 0.203. The molecular weight excluding hydrogens is 264 g/mol. The largest absolute Gasteiger partial charge is 0.342 e. The Bertz CT molecular complexity index is 474. The zero-order valence-corrected chi connectivity index (χ0v) is 13.0. The number of hydrogen-bond donors (Lipinski definition) is 0. The van der Waals surface area contributed by atoms with Gasteiger partial charge in [0.2, 0.25) is 0 Å². The van der Waals surface area contributed by atoms with Gasteiger partial charge in [-0.25, -0.2) is 4.18 Å². The van der Waals surface area contributed by atoms with Crippen molar-refractivity contribution in [2.45, 2.75) is 64.3 Å². The summed E-state index contributed by atoms with van der Waals surface area (Å²) < 4.78 is 34.9. The molecule has 2 aliphatic carbocycles. The fraction of sp³-hybridized carbons (Fsp3) is 1.00. The lowest BCUT2D eigenvalue weighted by atomic mass is 9.55. The van der Waals surface area contributed by atoms with E-state index in [1.165, 1.54) is 6.42 Å². The monoisotopic (exact) mass is 288 g/mol. The highest BCUT2D eigenvalue weighted by molar-refractivity contribution is 7.86. The molecular formula is C14H24O4S. The molecule has 110 valence electrons. The van der Waals surface area contributed by atoms with Crippen molar-refractivity contribution in [1.29, 1.82) is 0 Å². The molecule has 2 saturated carbocycles. The van der Waals surface area contributed by atoms with Crippen molar-refractivity contribution in [3.63, 3.8) is 0 Å². The molecule has 4 nitrogen and oxygen atoms in total. The van der Waals surface area contributed by atoms with Gasteiger partial charge in [0.15, 0.2) is 5.79 Å². The van der Waals surface area contributed by atoms with Crippen LogP contribution in [0.25, 0.3) is 0 Å². The van der Waals surface area contributed by atoms with Gasteiger partial charge in [0.25, 0.3) is 10.1 Å². The Morgan fingerprint density at radius 1 is 1.11 bits per heavy atom. The summed E-state index contributed by atoms with van der Waals surface area (Å²) in [7, 11) is -3.48. The zero-order chi connectivity index (χ0) is 14.1. The maximum atomic E-state index is 11.6. The second-order valence-electron chi connectivity index (χ2n) is 7.83. The van der Waals surface area contributed by atoms with Gasteiger partial charge in [-0.15, -0.1) is 0 Å². The summed E-state index contributed by atoms with van der Waals surface area (Å²) in [5, 5.41) is 0. The first kappa shape index (κ1) is 13.8. The molecule has 2 saturated heterocycles. The van der Waals surface area contributed by atoms with Crippen LogP contribution in [0.2, 0.25) is 0 Å². The molecule has 19 heavy (non-hydrogen) atoms. The topological polar surface area (TPSA) is 52.6 Å². The minimum atomic E-state index is -3.48. The first-order valence-electron chi connectivity index (χ1n) is 7.13. The molecule has 0 N–H and O–H groups in total. The summed E-state index contributed by atoms with van der Waals surface area (Å²) in [6, 6.07) is 0. The van der Waals surface area contributed by atoms with Gasteiger partial charge in [0.05, 0.1) is 11.9 Å². The minimum absolute atomic E-state index is 0.0108. The van der Waals surface area contributed by atoms with E-state index in [0.717, 1.165) is 31.9 Å². The Balaban J connectivity index is 1.98. The maximum Gasteiger partial charge on any atom is 0.267 e. The Labute approximate surface area is 116 Å². The van der Waals surface area contributed by atoms with Crippen LogP contribution in [0.5, 0.6) is 0 Å². The van der Waals surface area contributed by atoms with Crippen molar-refractivity contribution in [2.75, 3.05) is 6.26 Å². The average molecular weight is 288 g/mol. The van der Waals surface area contributed by atoms with Crippen LogP contribution in [-0.4, -0.2) is 26.1 Å². The van der Waals surface area contributed by atoms with Gasteiger partial charge in [-0.1, -0.05) is 20.8 Å². The van der Waals surface area contributed by atoms with Crippen LogP contribution in [0.3, 0.4) is 0 Å². The standard InChI is InChI=1S/C14H24O4S/c1-12(2,3)13-6-10-5-11(7-13)9-14(8-10,17-13)18-19(4,15)16/h10-11H,5-9H2,1-4H3/t10-,11+,13?,14?. The smallest absolute Gasteiger partial charge is 0.267 e. The molecule has 0 radical (unpaired) electrons. The highest BCUT2D eigenvalue weighted by Crippen LogP contribution is 2.62. The molecule has 2 aliphatic heterocycles. The summed E-state index contributed by atoms with van der Waals surface area (Å²) in [6.07, 6.45) is 5.88. The molecule has 2 heterocycles. The van der Waals surface area contributed by atoms with Crippen LogP contribution in [0.4, 0.5) is 0 Å². The molecule has 5 heteroatoms. The highest BCUT2D eigenvalue weighted by Gasteiger charge is 2.64. The Morgan fingerprint density at radius 3 is 2.05 bits per heavy atom. The van der Waals surface area contributed by atoms with E-state index in [4.69, 9.17) is 8.92 Å². The summed E-state index contributed by atoms with van der Waals surface area (Å²) >= 11 is 0. The molecule has 2 unspecified atom stereocenters. The van der Waals surface area contributed by atoms with Crippen molar-refractivity contribution in [3.8, 4) is 0 Å². The normalized spacial score (nSPS) is 45.7. The second-order valence-corrected chi connectivity index (χ2v) is 9.40. The van der Waals surface area contributed by atoms with Crippen LogP contribution in [0.15, 0.2) is 0 Å². The zero-order valence-electron chi connectivity index (χ0n) is 12.2. The van der Waals surface area contributed by atoms with Gasteiger partial charge in [-0.05, 0) is 36.5 Å². The molecule has 0 aromatic heterocycles. The Morgan fingerprint density at radius 2 is 1.63 bits per heavy atom. The summed E-state index contributed by atoms with van der Waals surface area (Å²) in [4.78, 5) is 0. The minimum Gasteiger partial charge on any atom is -0.342 e. The average Bonchev–Trinajstić information content (AvgIpc) is 2.08. The van der Waals surface area contributed by atoms with E-state index in [1.54, 1.807) is 0 Å². The van der Waals surface area contributed by atoms with Gasteiger partial charge in [-0.3, -0.25) is 0 Å². The van der Waals surface area contributed by atoms with Crippen molar-refractivity contribution in [1.82, 2.24) is 0 Å². The van der Waals surface area contributed by atoms with E-state index < -0.39 is 15.9 Å². The molecule has 4 atom stereocenters. The highest BCUT2D eigenvalue weighted by atomic mass is 32.2. The van der Waals surface area contributed by atoms with Crippen molar-refractivity contribution < 1.29 is 17.3 Å². The molecule has 0 aromatic rings. The van der Waals surface area contributed by atoms with E-state index in [-0.39, 0.29) is 11.0 Å². The Kier molecular flexibility index (Phi) is 2.72. The van der Waals surface area contributed by atoms with Gasteiger partial charge >= 0.3 is 0 Å². The molecule has 0 amide bonds. The lowest BCUT2D eigenvalue weighted by Crippen LogP contribution is -2.66. The lowest BCUT2D eigenvalue weighted by Gasteiger charge is -2.64. The van der Waals surface area contributed by atoms with Crippen LogP contribution < -0.4 is 0 Å². The fourth-order valence-corrected chi connectivity index (χ4v) is 5.30. The van der Waals surface area contributed by atoms with Crippen LogP contribution in [-0.2, 0) is 19.0 Å². The predicted molar refractivity (Wildman–Crippen MR) is 72.0 cm³/mol. The molecule has 4 rings (SSSR count). The molecule has 0 spiro atoms.